The third-order valence-electron chi connectivity index (χ3n) is 4.63. The maximum atomic E-state index is 6.07. The largest absolute Gasteiger partial charge is 0.494 e. The Morgan fingerprint density at radius 2 is 1.72 bits per heavy atom. The number of benzene rings is 2. The second-order valence-corrected chi connectivity index (χ2v) is 6.40. The smallest absolute Gasteiger partial charge is 0.119 e. The first-order chi connectivity index (χ1) is 12.2. The average molecular weight is 341 g/mol. The second-order valence-electron chi connectivity index (χ2n) is 6.40. The molecule has 0 amide bonds. The fourth-order valence-electron chi connectivity index (χ4n) is 3.13. The van der Waals surface area contributed by atoms with Crippen molar-refractivity contribution in [1.82, 2.24) is 0 Å². The molecule has 1 atom stereocenters. The van der Waals surface area contributed by atoms with Gasteiger partial charge in [0.15, 0.2) is 0 Å². The van der Waals surface area contributed by atoms with Crippen molar-refractivity contribution in [2.75, 3.05) is 31.1 Å². The molecule has 136 valence electrons. The van der Waals surface area contributed by atoms with Crippen LogP contribution in [0.15, 0.2) is 48.5 Å². The summed E-state index contributed by atoms with van der Waals surface area (Å²) in [5.74, 6) is 1.25. The van der Waals surface area contributed by atoms with Crippen LogP contribution in [0.4, 0.5) is 5.69 Å². The normalized spacial score (nSPS) is 12.0. The van der Waals surface area contributed by atoms with Gasteiger partial charge in [-0.05, 0) is 68.6 Å². The van der Waals surface area contributed by atoms with Gasteiger partial charge in [0.2, 0.25) is 0 Å². The molecule has 0 bridgehead atoms. The number of anilines is 1. The molecule has 0 spiro atoms. The lowest BCUT2D eigenvalue weighted by Crippen LogP contribution is -2.21. The van der Waals surface area contributed by atoms with Crippen LogP contribution in [0.25, 0.3) is 0 Å². The minimum absolute atomic E-state index is 0.310. The molecular weight excluding hydrogens is 308 g/mol. The third kappa shape index (κ3) is 5.50. The number of hydrogen-bond acceptors (Lipinski definition) is 3. The summed E-state index contributed by atoms with van der Waals surface area (Å²) in [5.41, 5.74) is 9.94. The topological polar surface area (TPSA) is 38.5 Å². The Morgan fingerprint density at radius 3 is 2.32 bits per heavy atom. The highest BCUT2D eigenvalue weighted by atomic mass is 16.5. The van der Waals surface area contributed by atoms with Crippen LogP contribution in [0.3, 0.4) is 0 Å². The van der Waals surface area contributed by atoms with E-state index in [1.807, 2.05) is 6.07 Å². The Balaban J connectivity index is 2.09. The molecule has 3 nitrogen and oxygen atoms in total. The van der Waals surface area contributed by atoms with Crippen LogP contribution >= 0.6 is 0 Å². The van der Waals surface area contributed by atoms with Crippen LogP contribution in [-0.2, 0) is 6.42 Å². The van der Waals surface area contributed by atoms with Gasteiger partial charge in [0.25, 0.3) is 0 Å². The van der Waals surface area contributed by atoms with E-state index in [9.17, 15) is 0 Å². The van der Waals surface area contributed by atoms with Gasteiger partial charge in [-0.15, -0.1) is 0 Å². The molecular formula is C22H32N2O. The number of nitrogens with zero attached hydrogens (tertiary/aromatic N) is 1. The molecule has 2 aromatic carbocycles. The zero-order valence-corrected chi connectivity index (χ0v) is 15.9. The number of rotatable bonds is 10. The number of nitrogens with two attached hydrogens (primary N) is 1. The van der Waals surface area contributed by atoms with Crippen molar-refractivity contribution >= 4 is 5.69 Å². The molecule has 0 saturated carbocycles. The highest BCUT2D eigenvalue weighted by molar-refractivity contribution is 5.47. The molecule has 0 radical (unpaired) electrons. The predicted molar refractivity (Wildman–Crippen MR) is 108 cm³/mol. The number of ether oxygens (including phenoxy) is 1. The molecule has 2 N–H and O–H groups in total. The summed E-state index contributed by atoms with van der Waals surface area (Å²) in [6, 6.07) is 17.3. The van der Waals surface area contributed by atoms with Crippen molar-refractivity contribution in [3.05, 3.63) is 59.7 Å². The van der Waals surface area contributed by atoms with Gasteiger partial charge in [0.05, 0.1) is 6.61 Å². The SMILES string of the molecule is CCCOc1cccc(C(CN)Cc2ccc(N(CC)CC)cc2)c1. The highest BCUT2D eigenvalue weighted by Crippen LogP contribution is 2.25. The lowest BCUT2D eigenvalue weighted by atomic mass is 9.92. The molecule has 0 heterocycles. The van der Waals surface area contributed by atoms with Crippen molar-refractivity contribution in [1.29, 1.82) is 0 Å². The summed E-state index contributed by atoms with van der Waals surface area (Å²) in [4.78, 5) is 2.36. The maximum absolute atomic E-state index is 6.07. The molecule has 1 unspecified atom stereocenters. The monoisotopic (exact) mass is 340 g/mol. The van der Waals surface area contributed by atoms with Gasteiger partial charge in [-0.25, -0.2) is 0 Å². The second kappa shape index (κ2) is 10.1. The Kier molecular flexibility index (Phi) is 7.80. The van der Waals surface area contributed by atoms with Crippen molar-refractivity contribution < 1.29 is 4.74 Å². The number of hydrogen-bond donors (Lipinski definition) is 1. The van der Waals surface area contributed by atoms with Crippen LogP contribution in [0.1, 0.15) is 44.2 Å². The van der Waals surface area contributed by atoms with Crippen LogP contribution in [0.2, 0.25) is 0 Å². The van der Waals surface area contributed by atoms with E-state index in [2.05, 4.69) is 68.1 Å². The van der Waals surface area contributed by atoms with Gasteiger partial charge in [-0.1, -0.05) is 31.2 Å². The minimum atomic E-state index is 0.310. The van der Waals surface area contributed by atoms with Gasteiger partial charge in [0.1, 0.15) is 5.75 Å². The van der Waals surface area contributed by atoms with E-state index in [0.29, 0.717) is 12.5 Å². The lowest BCUT2D eigenvalue weighted by Gasteiger charge is -2.22. The summed E-state index contributed by atoms with van der Waals surface area (Å²) in [5, 5.41) is 0. The Hall–Kier alpha value is -2.00. The summed E-state index contributed by atoms with van der Waals surface area (Å²) in [6.45, 7) is 9.95. The molecule has 0 aliphatic carbocycles. The van der Waals surface area contributed by atoms with Crippen LogP contribution < -0.4 is 15.4 Å². The third-order valence-corrected chi connectivity index (χ3v) is 4.63. The summed E-state index contributed by atoms with van der Waals surface area (Å²) < 4.78 is 5.76. The molecule has 3 heteroatoms. The van der Waals surface area contributed by atoms with E-state index in [1.54, 1.807) is 0 Å². The van der Waals surface area contributed by atoms with Crippen LogP contribution in [0, 0.1) is 0 Å². The molecule has 0 fully saturated rings. The van der Waals surface area contributed by atoms with E-state index in [0.717, 1.165) is 38.3 Å². The Bertz CT molecular complexity index is 620. The van der Waals surface area contributed by atoms with Crippen molar-refractivity contribution in [2.24, 2.45) is 5.73 Å². The molecule has 2 rings (SSSR count). The maximum Gasteiger partial charge on any atom is 0.119 e. The standard InChI is InChI=1S/C22H32N2O/c1-4-14-25-22-9-7-8-19(16-22)20(17-23)15-18-10-12-21(13-11-18)24(5-2)6-3/h7-13,16,20H,4-6,14-15,17,23H2,1-3H3. The fourth-order valence-corrected chi connectivity index (χ4v) is 3.13. The Labute approximate surface area is 152 Å². The van der Waals surface area contributed by atoms with Crippen molar-refractivity contribution in [3.63, 3.8) is 0 Å². The van der Waals surface area contributed by atoms with Gasteiger partial charge in [-0.2, -0.15) is 0 Å². The molecule has 0 aliphatic rings. The van der Waals surface area contributed by atoms with Crippen molar-refractivity contribution in [3.8, 4) is 5.75 Å². The summed E-state index contributed by atoms with van der Waals surface area (Å²) in [6.07, 6.45) is 1.97. The van der Waals surface area contributed by atoms with E-state index in [1.165, 1.54) is 16.8 Å². The predicted octanol–water partition coefficient (Wildman–Crippen LogP) is 4.61. The molecule has 25 heavy (non-hydrogen) atoms. The van der Waals surface area contributed by atoms with Gasteiger partial charge >= 0.3 is 0 Å². The van der Waals surface area contributed by atoms with E-state index < -0.39 is 0 Å². The van der Waals surface area contributed by atoms with Gasteiger partial charge in [0, 0.05) is 24.7 Å². The van der Waals surface area contributed by atoms with E-state index in [4.69, 9.17) is 10.5 Å². The molecule has 2 aromatic rings. The molecule has 0 saturated heterocycles. The zero-order chi connectivity index (χ0) is 18.1. The average Bonchev–Trinajstić information content (AvgIpc) is 2.66. The van der Waals surface area contributed by atoms with Crippen LogP contribution in [0.5, 0.6) is 5.75 Å². The summed E-state index contributed by atoms with van der Waals surface area (Å²) in [7, 11) is 0. The first kappa shape index (κ1) is 19.3. The highest BCUT2D eigenvalue weighted by Gasteiger charge is 2.12. The van der Waals surface area contributed by atoms with Gasteiger partial charge in [-0.3, -0.25) is 0 Å². The molecule has 0 aromatic heterocycles. The Morgan fingerprint density at radius 1 is 1.00 bits per heavy atom. The summed E-state index contributed by atoms with van der Waals surface area (Å²) >= 11 is 0. The first-order valence-electron chi connectivity index (χ1n) is 9.48. The minimum Gasteiger partial charge on any atom is -0.494 e. The molecule has 0 aliphatic heterocycles. The van der Waals surface area contributed by atoms with Crippen LogP contribution in [-0.4, -0.2) is 26.2 Å². The van der Waals surface area contributed by atoms with Crippen molar-refractivity contribution in [2.45, 2.75) is 39.5 Å². The van der Waals surface area contributed by atoms with E-state index in [-0.39, 0.29) is 0 Å². The first-order valence-corrected chi connectivity index (χ1v) is 9.48. The fraction of sp³-hybridized carbons (Fsp3) is 0.455. The zero-order valence-electron chi connectivity index (χ0n) is 15.9. The van der Waals surface area contributed by atoms with Gasteiger partial charge < -0.3 is 15.4 Å². The van der Waals surface area contributed by atoms with E-state index >= 15 is 0 Å². The quantitative estimate of drug-likeness (QED) is 0.686. The lowest BCUT2D eigenvalue weighted by molar-refractivity contribution is 0.317.